The van der Waals surface area contributed by atoms with E-state index in [2.05, 4.69) is 0 Å². The smallest absolute Gasteiger partial charge is 0.150 e. The summed E-state index contributed by atoms with van der Waals surface area (Å²) in [6, 6.07) is 5.06. The van der Waals surface area contributed by atoms with Gasteiger partial charge in [0.1, 0.15) is 17.8 Å². The summed E-state index contributed by atoms with van der Waals surface area (Å²) in [6.07, 6.45) is 0.757. The Balaban J connectivity index is 2.81. The van der Waals surface area contributed by atoms with Crippen molar-refractivity contribution in [2.75, 3.05) is 19.8 Å². The van der Waals surface area contributed by atoms with Crippen LogP contribution < -0.4 is 9.47 Å². The predicted molar refractivity (Wildman–Crippen MR) is 69.4 cm³/mol. The molecule has 1 aromatic rings. The molecule has 1 rings (SSSR count). The molecule has 0 unspecified atom stereocenters. The van der Waals surface area contributed by atoms with Gasteiger partial charge in [-0.05, 0) is 19.1 Å². The number of carbonyl (C=O) groups is 1. The van der Waals surface area contributed by atoms with Crippen LogP contribution in [0.4, 0.5) is 0 Å². The number of hydrogen-bond acceptors (Lipinski definition) is 4. The van der Waals surface area contributed by atoms with E-state index in [1.54, 1.807) is 18.2 Å². The van der Waals surface area contributed by atoms with Gasteiger partial charge in [-0.25, -0.2) is 0 Å². The van der Waals surface area contributed by atoms with E-state index in [9.17, 15) is 4.79 Å². The summed E-state index contributed by atoms with van der Waals surface area (Å²) >= 11 is 0. The van der Waals surface area contributed by atoms with Gasteiger partial charge in [0.2, 0.25) is 0 Å². The monoisotopic (exact) mass is 252 g/mol. The molecule has 0 saturated heterocycles. The molecule has 0 aliphatic rings. The lowest BCUT2D eigenvalue weighted by atomic mass is 9.96. The number of aliphatic hydroxyl groups excluding tert-OH is 1. The number of rotatable bonds is 7. The summed E-state index contributed by atoms with van der Waals surface area (Å²) in [5.41, 5.74) is 0.195. The van der Waals surface area contributed by atoms with Crippen molar-refractivity contribution in [1.29, 1.82) is 0 Å². The molecule has 0 atom stereocenters. The van der Waals surface area contributed by atoms with Gasteiger partial charge in [-0.3, -0.25) is 4.79 Å². The topological polar surface area (TPSA) is 55.8 Å². The van der Waals surface area contributed by atoms with Crippen molar-refractivity contribution in [2.45, 2.75) is 20.8 Å². The minimum absolute atomic E-state index is 0.0404. The fraction of sp³-hybridized carbons (Fsp3) is 0.500. The second-order valence-corrected chi connectivity index (χ2v) is 4.90. The van der Waals surface area contributed by atoms with Gasteiger partial charge in [-0.2, -0.15) is 0 Å². The second kappa shape index (κ2) is 6.40. The molecule has 0 radical (unpaired) electrons. The summed E-state index contributed by atoms with van der Waals surface area (Å²) in [6.45, 7) is 6.63. The molecule has 0 saturated carbocycles. The maximum atomic E-state index is 10.8. The van der Waals surface area contributed by atoms with Crippen LogP contribution in [0.3, 0.4) is 0 Å². The molecule has 100 valence electrons. The van der Waals surface area contributed by atoms with Crippen LogP contribution in [0, 0.1) is 5.41 Å². The van der Waals surface area contributed by atoms with Gasteiger partial charge in [-0.15, -0.1) is 0 Å². The number of aldehydes is 1. The summed E-state index contributed by atoms with van der Waals surface area (Å²) in [7, 11) is 0. The number of hydrogen-bond donors (Lipinski definition) is 1. The minimum atomic E-state index is -0.317. The first-order valence-electron chi connectivity index (χ1n) is 5.97. The van der Waals surface area contributed by atoms with Gasteiger partial charge in [0.15, 0.2) is 0 Å². The third-order valence-electron chi connectivity index (χ3n) is 2.41. The van der Waals surface area contributed by atoms with Crippen LogP contribution in [0.25, 0.3) is 0 Å². The summed E-state index contributed by atoms with van der Waals surface area (Å²) in [5, 5.41) is 9.15. The zero-order valence-corrected chi connectivity index (χ0v) is 11.1. The molecule has 1 aromatic carbocycles. The average Bonchev–Trinajstić information content (AvgIpc) is 2.37. The lowest BCUT2D eigenvalue weighted by molar-refractivity contribution is 0.0972. The maximum Gasteiger partial charge on any atom is 0.150 e. The molecule has 4 heteroatoms. The molecular formula is C14H20O4. The number of carbonyl (C=O) groups excluding carboxylic acids is 1. The Bertz CT molecular complexity index is 399. The van der Waals surface area contributed by atoms with Gasteiger partial charge in [0.05, 0.1) is 19.8 Å². The first kappa shape index (κ1) is 14.5. The largest absolute Gasteiger partial charge is 0.494 e. The molecule has 0 amide bonds. The zero-order valence-electron chi connectivity index (χ0n) is 11.1. The Kier molecular flexibility index (Phi) is 5.16. The number of aliphatic hydroxyl groups is 1. The molecule has 0 aliphatic heterocycles. The first-order valence-corrected chi connectivity index (χ1v) is 5.97. The van der Waals surface area contributed by atoms with Crippen molar-refractivity contribution < 1.29 is 19.4 Å². The van der Waals surface area contributed by atoms with Gasteiger partial charge in [-0.1, -0.05) is 13.8 Å². The van der Waals surface area contributed by atoms with E-state index in [4.69, 9.17) is 14.6 Å². The van der Waals surface area contributed by atoms with Crippen molar-refractivity contribution in [2.24, 2.45) is 5.41 Å². The fourth-order valence-electron chi connectivity index (χ4n) is 1.32. The summed E-state index contributed by atoms with van der Waals surface area (Å²) in [5.74, 6) is 1.18. The van der Waals surface area contributed by atoms with Crippen LogP contribution >= 0.6 is 0 Å². The molecule has 0 spiro atoms. The Labute approximate surface area is 108 Å². The van der Waals surface area contributed by atoms with Crippen LogP contribution in [0.15, 0.2) is 18.2 Å². The van der Waals surface area contributed by atoms with Crippen LogP contribution in [-0.4, -0.2) is 31.2 Å². The highest BCUT2D eigenvalue weighted by molar-refractivity contribution is 5.76. The normalized spacial score (nSPS) is 11.1. The van der Waals surface area contributed by atoms with Crippen LogP contribution in [-0.2, 0) is 0 Å². The van der Waals surface area contributed by atoms with Crippen molar-refractivity contribution in [1.82, 2.24) is 0 Å². The quantitative estimate of drug-likeness (QED) is 0.756. The SMILES string of the molecule is CCOc1cc(C=O)cc(OCC(C)(C)CO)c1. The fourth-order valence-corrected chi connectivity index (χ4v) is 1.32. The van der Waals surface area contributed by atoms with Crippen LogP contribution in [0.1, 0.15) is 31.1 Å². The minimum Gasteiger partial charge on any atom is -0.494 e. The molecule has 0 fully saturated rings. The number of ether oxygens (including phenoxy) is 2. The summed E-state index contributed by atoms with van der Waals surface area (Å²) < 4.78 is 11.0. The van der Waals surface area contributed by atoms with Gasteiger partial charge in [0.25, 0.3) is 0 Å². The molecule has 0 heterocycles. The van der Waals surface area contributed by atoms with Crippen LogP contribution in [0.5, 0.6) is 11.5 Å². The lowest BCUT2D eigenvalue weighted by Crippen LogP contribution is -2.25. The highest BCUT2D eigenvalue weighted by Crippen LogP contribution is 2.24. The molecule has 4 nitrogen and oxygen atoms in total. The summed E-state index contributed by atoms with van der Waals surface area (Å²) in [4.78, 5) is 10.8. The van der Waals surface area contributed by atoms with Crippen molar-refractivity contribution in [3.8, 4) is 11.5 Å². The Morgan fingerprint density at radius 3 is 2.33 bits per heavy atom. The average molecular weight is 252 g/mol. The van der Waals surface area contributed by atoms with Gasteiger partial charge >= 0.3 is 0 Å². The highest BCUT2D eigenvalue weighted by atomic mass is 16.5. The maximum absolute atomic E-state index is 10.8. The number of benzene rings is 1. The van der Waals surface area contributed by atoms with E-state index in [1.807, 2.05) is 20.8 Å². The third-order valence-corrected chi connectivity index (χ3v) is 2.41. The van der Waals surface area contributed by atoms with E-state index >= 15 is 0 Å². The Hall–Kier alpha value is -1.55. The molecule has 18 heavy (non-hydrogen) atoms. The molecule has 0 aromatic heterocycles. The zero-order chi connectivity index (χ0) is 13.6. The highest BCUT2D eigenvalue weighted by Gasteiger charge is 2.17. The molecule has 0 aliphatic carbocycles. The second-order valence-electron chi connectivity index (χ2n) is 4.90. The molecular weight excluding hydrogens is 232 g/mol. The van der Waals surface area contributed by atoms with E-state index in [-0.39, 0.29) is 12.0 Å². The van der Waals surface area contributed by atoms with E-state index in [1.165, 1.54) is 0 Å². The molecule has 0 bridgehead atoms. The van der Waals surface area contributed by atoms with Crippen LogP contribution in [0.2, 0.25) is 0 Å². The predicted octanol–water partition coefficient (Wildman–Crippen LogP) is 2.30. The van der Waals surface area contributed by atoms with E-state index < -0.39 is 0 Å². The first-order chi connectivity index (χ1) is 8.50. The molecule has 1 N–H and O–H groups in total. The Morgan fingerprint density at radius 1 is 1.22 bits per heavy atom. The Morgan fingerprint density at radius 2 is 1.83 bits per heavy atom. The van der Waals surface area contributed by atoms with Crippen molar-refractivity contribution in [3.63, 3.8) is 0 Å². The van der Waals surface area contributed by atoms with Gasteiger partial charge in [0, 0.05) is 17.0 Å². The lowest BCUT2D eigenvalue weighted by Gasteiger charge is -2.22. The van der Waals surface area contributed by atoms with Gasteiger partial charge < -0.3 is 14.6 Å². The third kappa shape index (κ3) is 4.37. The van der Waals surface area contributed by atoms with E-state index in [0.29, 0.717) is 30.3 Å². The van der Waals surface area contributed by atoms with Crippen molar-refractivity contribution >= 4 is 6.29 Å². The van der Waals surface area contributed by atoms with E-state index in [0.717, 1.165) is 6.29 Å². The standard InChI is InChI=1S/C14H20O4/c1-4-17-12-5-11(8-15)6-13(7-12)18-10-14(2,3)9-16/h5-8,16H,4,9-10H2,1-3H3. The van der Waals surface area contributed by atoms with Crippen molar-refractivity contribution in [3.05, 3.63) is 23.8 Å².